The summed E-state index contributed by atoms with van der Waals surface area (Å²) in [6.07, 6.45) is 13.5. The minimum absolute atomic E-state index is 0.0588. The van der Waals surface area contributed by atoms with Crippen LogP contribution in [0.5, 0.6) is 0 Å². The number of amides is 1. The number of nitrogens with one attached hydrogen (secondary N) is 1. The quantitative estimate of drug-likeness (QED) is 0.483. The highest BCUT2D eigenvalue weighted by Gasteiger charge is 2.35. The molecule has 2 nitrogen and oxygen atoms in total. The van der Waals surface area contributed by atoms with Crippen LogP contribution in [0, 0.1) is 25.2 Å². The predicted molar refractivity (Wildman–Crippen MR) is 132 cm³/mol. The van der Waals surface area contributed by atoms with E-state index in [-0.39, 0.29) is 17.2 Å². The lowest BCUT2D eigenvalue weighted by atomic mass is 9.68. The van der Waals surface area contributed by atoms with Gasteiger partial charge in [0.15, 0.2) is 0 Å². The third kappa shape index (κ3) is 6.69. The van der Waals surface area contributed by atoms with Gasteiger partial charge in [-0.05, 0) is 68.1 Å². The monoisotopic (exact) mass is 419 g/mol. The van der Waals surface area contributed by atoms with E-state index in [1.54, 1.807) is 0 Å². The van der Waals surface area contributed by atoms with Gasteiger partial charge < -0.3 is 5.32 Å². The molecule has 31 heavy (non-hydrogen) atoms. The van der Waals surface area contributed by atoms with Crippen molar-refractivity contribution in [2.45, 2.75) is 91.4 Å². The molecule has 3 rings (SSSR count). The van der Waals surface area contributed by atoms with Crippen LogP contribution >= 0.6 is 0 Å². The van der Waals surface area contributed by atoms with Crippen molar-refractivity contribution < 1.29 is 4.79 Å². The van der Waals surface area contributed by atoms with E-state index >= 15 is 0 Å². The molecule has 168 valence electrons. The molecule has 2 heteroatoms. The Morgan fingerprint density at radius 2 is 1.45 bits per heavy atom. The summed E-state index contributed by atoms with van der Waals surface area (Å²) >= 11 is 0. The molecule has 1 amide bonds. The van der Waals surface area contributed by atoms with Gasteiger partial charge in [-0.15, -0.1) is 0 Å². The summed E-state index contributed by atoms with van der Waals surface area (Å²) in [6.45, 7) is 6.35. The standard InChI is InChI=1S/C29H41NO/c1-4-26(28(31)30-27-23(2)15-14-16-24(27)3)22-29(21-25-17-10-9-11-18-25)19-12-7-5-6-8-13-20-29/h9-11,14-18,26H,4-8,12-13,19-22H2,1-3H3,(H,30,31). The van der Waals surface area contributed by atoms with Gasteiger partial charge in [-0.25, -0.2) is 0 Å². The van der Waals surface area contributed by atoms with E-state index in [0.29, 0.717) is 0 Å². The first-order valence-electron chi connectivity index (χ1n) is 12.4. The summed E-state index contributed by atoms with van der Waals surface area (Å²) < 4.78 is 0. The number of carbonyl (C=O) groups excluding carboxylic acids is 1. The summed E-state index contributed by atoms with van der Waals surface area (Å²) in [4.78, 5) is 13.4. The van der Waals surface area contributed by atoms with Gasteiger partial charge in [-0.2, -0.15) is 0 Å². The Balaban J connectivity index is 1.82. The Morgan fingerprint density at radius 1 is 0.871 bits per heavy atom. The van der Waals surface area contributed by atoms with Crippen LogP contribution in [0.3, 0.4) is 0 Å². The molecule has 0 heterocycles. The van der Waals surface area contributed by atoms with E-state index < -0.39 is 0 Å². The van der Waals surface area contributed by atoms with Crippen LogP contribution in [0.4, 0.5) is 5.69 Å². The third-order valence-corrected chi connectivity index (χ3v) is 7.36. The van der Waals surface area contributed by atoms with Crippen molar-refractivity contribution in [2.24, 2.45) is 11.3 Å². The molecular formula is C29H41NO. The minimum Gasteiger partial charge on any atom is -0.325 e. The summed E-state index contributed by atoms with van der Waals surface area (Å²) in [5.74, 6) is 0.260. The summed E-state index contributed by atoms with van der Waals surface area (Å²) in [6, 6.07) is 17.2. The first-order valence-corrected chi connectivity index (χ1v) is 12.4. The Kier molecular flexibility index (Phi) is 8.75. The van der Waals surface area contributed by atoms with Crippen LogP contribution in [-0.2, 0) is 11.2 Å². The first-order chi connectivity index (χ1) is 15.0. The summed E-state index contributed by atoms with van der Waals surface area (Å²) in [7, 11) is 0. The van der Waals surface area contributed by atoms with Gasteiger partial charge in [0.05, 0.1) is 0 Å². The van der Waals surface area contributed by atoms with E-state index in [1.165, 1.54) is 56.9 Å². The molecule has 0 aliphatic heterocycles. The zero-order chi connectivity index (χ0) is 22.1. The van der Waals surface area contributed by atoms with Crippen LogP contribution in [0.1, 0.15) is 87.8 Å². The smallest absolute Gasteiger partial charge is 0.227 e. The zero-order valence-corrected chi connectivity index (χ0v) is 19.9. The Bertz CT molecular complexity index is 796. The van der Waals surface area contributed by atoms with Crippen molar-refractivity contribution in [1.29, 1.82) is 0 Å². The average Bonchev–Trinajstić information content (AvgIpc) is 2.88. The van der Waals surface area contributed by atoms with Gasteiger partial charge in [-0.3, -0.25) is 4.79 Å². The molecular weight excluding hydrogens is 378 g/mol. The van der Waals surface area contributed by atoms with Crippen molar-refractivity contribution in [2.75, 3.05) is 5.32 Å². The molecule has 1 atom stereocenters. The number of anilines is 1. The van der Waals surface area contributed by atoms with Crippen LogP contribution in [0.2, 0.25) is 0 Å². The normalized spacial score (nSPS) is 17.8. The molecule has 1 saturated carbocycles. The maximum Gasteiger partial charge on any atom is 0.227 e. The fourth-order valence-corrected chi connectivity index (χ4v) is 5.50. The molecule has 1 aliphatic carbocycles. The SMILES string of the molecule is CCC(CC1(Cc2ccccc2)CCCCCCCC1)C(=O)Nc1c(C)cccc1C. The van der Waals surface area contributed by atoms with Crippen molar-refractivity contribution in [3.8, 4) is 0 Å². The molecule has 1 aliphatic rings. The van der Waals surface area contributed by atoms with Gasteiger partial charge in [0.1, 0.15) is 0 Å². The van der Waals surface area contributed by atoms with E-state index in [9.17, 15) is 4.79 Å². The second kappa shape index (κ2) is 11.5. The maximum atomic E-state index is 13.4. The van der Waals surface area contributed by atoms with Crippen molar-refractivity contribution in [3.05, 3.63) is 65.2 Å². The summed E-state index contributed by atoms with van der Waals surface area (Å²) in [5.41, 5.74) is 4.93. The second-order valence-electron chi connectivity index (χ2n) is 9.85. The predicted octanol–water partition coefficient (Wildman–Crippen LogP) is 8.02. The Hall–Kier alpha value is -2.09. The van der Waals surface area contributed by atoms with Crippen LogP contribution in [-0.4, -0.2) is 5.91 Å². The Labute approximate surface area is 189 Å². The molecule has 1 N–H and O–H groups in total. The van der Waals surface area contributed by atoms with Crippen LogP contribution in [0.25, 0.3) is 0 Å². The number of para-hydroxylation sites is 1. The topological polar surface area (TPSA) is 29.1 Å². The molecule has 0 radical (unpaired) electrons. The van der Waals surface area contributed by atoms with E-state index in [0.717, 1.165) is 36.1 Å². The van der Waals surface area contributed by atoms with Gasteiger partial charge in [-0.1, -0.05) is 94.0 Å². The molecule has 1 fully saturated rings. The fourth-order valence-electron chi connectivity index (χ4n) is 5.50. The highest BCUT2D eigenvalue weighted by molar-refractivity contribution is 5.94. The minimum atomic E-state index is 0.0588. The van der Waals surface area contributed by atoms with Gasteiger partial charge in [0.25, 0.3) is 0 Å². The molecule has 2 aromatic carbocycles. The highest BCUT2D eigenvalue weighted by atomic mass is 16.1. The number of aryl methyl sites for hydroxylation is 2. The third-order valence-electron chi connectivity index (χ3n) is 7.36. The molecule has 0 spiro atoms. The molecule has 2 aromatic rings. The first kappa shape index (κ1) is 23.6. The number of carbonyl (C=O) groups is 1. The number of rotatable bonds is 7. The van der Waals surface area contributed by atoms with E-state index in [4.69, 9.17) is 0 Å². The zero-order valence-electron chi connectivity index (χ0n) is 19.9. The lowest BCUT2D eigenvalue weighted by molar-refractivity contribution is -0.121. The number of benzene rings is 2. The molecule has 0 saturated heterocycles. The lowest BCUT2D eigenvalue weighted by Crippen LogP contribution is -2.33. The second-order valence-corrected chi connectivity index (χ2v) is 9.85. The van der Waals surface area contributed by atoms with Crippen molar-refractivity contribution >= 4 is 11.6 Å². The summed E-state index contributed by atoms with van der Waals surface area (Å²) in [5, 5.41) is 3.30. The highest BCUT2D eigenvalue weighted by Crippen LogP contribution is 2.43. The van der Waals surface area contributed by atoms with Crippen LogP contribution in [0.15, 0.2) is 48.5 Å². The van der Waals surface area contributed by atoms with Crippen molar-refractivity contribution in [1.82, 2.24) is 0 Å². The average molecular weight is 420 g/mol. The van der Waals surface area contributed by atoms with E-state index in [2.05, 4.69) is 74.6 Å². The maximum absolute atomic E-state index is 13.4. The number of hydrogen-bond acceptors (Lipinski definition) is 1. The van der Waals surface area contributed by atoms with Crippen LogP contribution < -0.4 is 5.32 Å². The Morgan fingerprint density at radius 3 is 2.03 bits per heavy atom. The molecule has 0 bridgehead atoms. The lowest BCUT2D eigenvalue weighted by Gasteiger charge is -2.37. The fraction of sp³-hybridized carbons (Fsp3) is 0.552. The van der Waals surface area contributed by atoms with Gasteiger partial charge >= 0.3 is 0 Å². The van der Waals surface area contributed by atoms with Crippen molar-refractivity contribution in [3.63, 3.8) is 0 Å². The number of hydrogen-bond donors (Lipinski definition) is 1. The molecule has 0 aromatic heterocycles. The van der Waals surface area contributed by atoms with Gasteiger partial charge in [0, 0.05) is 11.6 Å². The molecule has 1 unspecified atom stereocenters. The van der Waals surface area contributed by atoms with Gasteiger partial charge in [0.2, 0.25) is 5.91 Å². The largest absolute Gasteiger partial charge is 0.325 e. The van der Waals surface area contributed by atoms with E-state index in [1.807, 2.05) is 0 Å².